The lowest BCUT2D eigenvalue weighted by molar-refractivity contribution is -0.142. The zero-order chi connectivity index (χ0) is 74.3. The number of thioether (sulfide) groups is 1. The second kappa shape index (κ2) is 46.7. The Balaban J connectivity index is 2.38. The van der Waals surface area contributed by atoms with Crippen molar-refractivity contribution >= 4 is 88.7 Å². The number of nitrogens with two attached hydrogens (primary N) is 5. The number of unbranched alkanes of at least 4 members (excludes halogenated alkanes) is 2. The van der Waals surface area contributed by atoms with Crippen LogP contribution in [0.5, 0.6) is 0 Å². The van der Waals surface area contributed by atoms with Crippen molar-refractivity contribution < 1.29 is 67.7 Å². The third kappa shape index (κ3) is 31.5. The first-order valence-electron chi connectivity index (χ1n) is 33.9. The number of carboxylic acids is 1. The van der Waals surface area contributed by atoms with Crippen LogP contribution in [0, 0.1) is 17.8 Å². The van der Waals surface area contributed by atoms with Crippen molar-refractivity contribution in [3.05, 3.63) is 54.1 Å². The third-order valence-electron chi connectivity index (χ3n) is 16.9. The summed E-state index contributed by atoms with van der Waals surface area (Å²) in [4.78, 5) is 177. The van der Waals surface area contributed by atoms with Crippen LogP contribution >= 0.6 is 11.8 Å². The van der Waals surface area contributed by atoms with Gasteiger partial charge in [-0.3, -0.25) is 57.7 Å². The van der Waals surface area contributed by atoms with Crippen molar-refractivity contribution in [3.63, 3.8) is 0 Å². The molecule has 24 N–H and O–H groups in total. The first-order chi connectivity index (χ1) is 47.0. The van der Waals surface area contributed by atoms with E-state index in [9.17, 15) is 67.7 Å². The minimum Gasteiger partial charge on any atom is -0.480 e. The third-order valence-corrected chi connectivity index (χ3v) is 17.6. The number of imidazole rings is 1. The fourth-order valence-corrected chi connectivity index (χ4v) is 10.5. The Morgan fingerprint density at radius 2 is 0.909 bits per heavy atom. The maximum Gasteiger partial charge on any atom is 0.326 e. The number of hydrogen-bond acceptors (Lipinski definition) is 19. The standard InChI is InChI=1S/C65H111N19O14S/c1-10-36(4)50(61(94)75-39(7)53(86)74-40(8)54(87)81-49(34-85)60(93)79-48(32-42-33-71-35-73-42)59(92)76-44(23-16-18-27-66)56(89)78-46(64(97)98)24-17-19-28-67)83-57(90)45(25-20-29-72-65(69)70)77-58(91)47(31-41-21-14-13-15-22-41)80-62(95)51(37(5)11-2)84-63(96)52(38(6)12-3)82-55(88)43(68)26-30-99-9/h13-15,21-22,33,35-40,43-52,85H,10-12,16-20,23-32,34,66-68H2,1-9H3,(H,71,73)(H,74,86)(H,75,94)(H,76,92)(H,77,91)(H,78,89)(H,79,93)(H,80,95)(H,81,87)(H,82,88)(H,83,90)(H,84,96)(H,97,98)(H4,69,70,72)/t36-,37-,38-,39-,40-,43-,44-,45-,46-,47-,48-,49-,50-,51-,52-/m0/s1. The fourth-order valence-electron chi connectivity index (χ4n) is 10.0. The molecule has 0 bridgehead atoms. The van der Waals surface area contributed by atoms with E-state index in [0.717, 1.165) is 0 Å². The number of aliphatic imine (C=N–C) groups is 1. The number of nitrogens with zero attached hydrogens (tertiary/aromatic N) is 2. The molecule has 1 aromatic carbocycles. The number of guanidine groups is 1. The van der Waals surface area contributed by atoms with Crippen LogP contribution in [0.25, 0.3) is 0 Å². The van der Waals surface area contributed by atoms with Crippen molar-refractivity contribution in [2.75, 3.05) is 38.2 Å². The average molecular weight is 1410 g/mol. The Labute approximate surface area is 584 Å². The summed E-state index contributed by atoms with van der Waals surface area (Å²) in [7, 11) is 0. The summed E-state index contributed by atoms with van der Waals surface area (Å²) < 4.78 is 0. The second-order valence-electron chi connectivity index (χ2n) is 24.8. The monoisotopic (exact) mass is 1410 g/mol. The number of carbonyl (C=O) groups is 12. The molecule has 0 fully saturated rings. The highest BCUT2D eigenvalue weighted by Crippen LogP contribution is 2.17. The average Bonchev–Trinajstić information content (AvgIpc) is 1.63. The van der Waals surface area contributed by atoms with Gasteiger partial charge in [-0.25, -0.2) is 9.78 Å². The van der Waals surface area contributed by atoms with Gasteiger partial charge in [0.1, 0.15) is 66.5 Å². The number of carboxylic acid groups (broad SMARTS) is 1. The van der Waals surface area contributed by atoms with Crippen molar-refractivity contribution in [3.8, 4) is 0 Å². The Morgan fingerprint density at radius 1 is 0.505 bits per heavy atom. The number of aliphatic carboxylic acids is 1. The number of H-pyrrole nitrogens is 1. The van der Waals surface area contributed by atoms with Gasteiger partial charge in [0.15, 0.2) is 5.96 Å². The molecule has 1 aromatic heterocycles. The van der Waals surface area contributed by atoms with Gasteiger partial charge in [0.05, 0.1) is 19.0 Å². The number of amides is 11. The molecule has 2 rings (SSSR count). The van der Waals surface area contributed by atoms with Crippen LogP contribution in [0.3, 0.4) is 0 Å². The van der Waals surface area contributed by atoms with Crippen LogP contribution in [0.2, 0.25) is 0 Å². The molecule has 0 aliphatic rings. The van der Waals surface area contributed by atoms with Gasteiger partial charge >= 0.3 is 5.97 Å². The maximum absolute atomic E-state index is 14.7. The number of aromatic nitrogens is 2. The quantitative estimate of drug-likeness (QED) is 0.0180. The van der Waals surface area contributed by atoms with Gasteiger partial charge in [0.25, 0.3) is 0 Å². The molecule has 0 saturated heterocycles. The topological polar surface area (TPSA) is 549 Å². The number of aliphatic hydroxyl groups is 1. The van der Waals surface area contributed by atoms with E-state index >= 15 is 0 Å². The van der Waals surface area contributed by atoms with Gasteiger partial charge in [0.2, 0.25) is 65.0 Å². The predicted molar refractivity (Wildman–Crippen MR) is 375 cm³/mol. The van der Waals surface area contributed by atoms with Gasteiger partial charge in [0, 0.05) is 31.3 Å². The molecule has 0 spiro atoms. The summed E-state index contributed by atoms with van der Waals surface area (Å²) in [5, 5.41) is 49.0. The lowest BCUT2D eigenvalue weighted by Gasteiger charge is -2.31. The Morgan fingerprint density at radius 3 is 1.39 bits per heavy atom. The maximum atomic E-state index is 14.7. The highest BCUT2D eigenvalue weighted by molar-refractivity contribution is 7.98. The molecule has 34 heteroatoms. The SMILES string of the molecule is CC[C@H](C)[C@H](NC(=O)[C@H](CCCN=C(N)N)NC(=O)[C@H](Cc1ccccc1)NC(=O)[C@@H](NC(=O)[C@@H](NC(=O)[C@@H](N)CCSC)[C@@H](C)CC)[C@@H](C)CC)C(=O)N[C@@H](C)C(=O)N[C@@H](C)C(=O)N[C@@H](CO)C(=O)N[C@@H](Cc1cnc[nH]1)C(=O)N[C@@H](CCCCN)C(=O)N[C@@H](CCCCN)C(=O)O. The summed E-state index contributed by atoms with van der Waals surface area (Å²) in [6, 6.07) is -7.06. The second-order valence-corrected chi connectivity index (χ2v) is 25.8. The molecule has 0 saturated carbocycles. The van der Waals surface area contributed by atoms with Crippen LogP contribution in [-0.4, -0.2) is 208 Å². The summed E-state index contributed by atoms with van der Waals surface area (Å²) in [5.74, 6) is -11.3. The van der Waals surface area contributed by atoms with E-state index < -0.39 is 162 Å². The molecule has 0 aliphatic heterocycles. The number of rotatable bonds is 49. The van der Waals surface area contributed by atoms with Crippen molar-refractivity contribution in [1.82, 2.24) is 68.5 Å². The molecule has 15 atom stereocenters. The zero-order valence-electron chi connectivity index (χ0n) is 58.6. The first kappa shape index (κ1) is 86.6. The smallest absolute Gasteiger partial charge is 0.326 e. The molecule has 99 heavy (non-hydrogen) atoms. The van der Waals surface area contributed by atoms with Crippen LogP contribution < -0.4 is 87.2 Å². The number of hydrogen-bond donors (Lipinski definition) is 19. The highest BCUT2D eigenvalue weighted by atomic mass is 32.2. The van der Waals surface area contributed by atoms with E-state index in [1.54, 1.807) is 58.0 Å². The van der Waals surface area contributed by atoms with Crippen LogP contribution in [0.15, 0.2) is 47.8 Å². The van der Waals surface area contributed by atoms with Gasteiger partial charge in [-0.2, -0.15) is 11.8 Å². The molecule has 1 heterocycles. The van der Waals surface area contributed by atoms with E-state index in [2.05, 4.69) is 73.4 Å². The number of nitrogens with one attached hydrogen (secondary N) is 12. The summed E-state index contributed by atoms with van der Waals surface area (Å²) in [6.45, 7) is 12.8. The van der Waals surface area contributed by atoms with Gasteiger partial charge in [-0.05, 0) is 120 Å². The molecule has 0 aliphatic carbocycles. The lowest BCUT2D eigenvalue weighted by atomic mass is 9.94. The van der Waals surface area contributed by atoms with Gasteiger partial charge < -0.3 is 102 Å². The Kier molecular flexibility index (Phi) is 40.9. The minimum atomic E-state index is -1.72. The van der Waals surface area contributed by atoms with Crippen LogP contribution in [0.1, 0.15) is 144 Å². The lowest BCUT2D eigenvalue weighted by Crippen LogP contribution is -2.62. The molecule has 11 amide bonds. The largest absolute Gasteiger partial charge is 0.480 e. The van der Waals surface area contributed by atoms with Crippen LogP contribution in [-0.2, 0) is 70.4 Å². The van der Waals surface area contributed by atoms with E-state index in [1.807, 2.05) is 20.1 Å². The molecule has 0 unspecified atom stereocenters. The molecular weight excluding hydrogens is 1300 g/mol. The molecule has 0 radical (unpaired) electrons. The molecule has 556 valence electrons. The first-order valence-corrected chi connectivity index (χ1v) is 35.3. The zero-order valence-corrected chi connectivity index (χ0v) is 59.4. The van der Waals surface area contributed by atoms with E-state index in [0.29, 0.717) is 74.9 Å². The van der Waals surface area contributed by atoms with Crippen molar-refractivity contribution in [1.29, 1.82) is 0 Å². The Hall–Kier alpha value is -8.47. The number of aliphatic hydroxyl groups excluding tert-OH is 1. The molecule has 33 nitrogen and oxygen atoms in total. The molecular formula is C65H111N19O14S. The minimum absolute atomic E-state index is 0.0267. The van der Waals surface area contributed by atoms with E-state index in [-0.39, 0.29) is 63.5 Å². The molecule has 2 aromatic rings. The van der Waals surface area contributed by atoms with E-state index in [4.69, 9.17) is 28.7 Å². The number of aromatic amines is 1. The highest BCUT2D eigenvalue weighted by Gasteiger charge is 2.38. The summed E-state index contributed by atoms with van der Waals surface area (Å²) in [5.41, 5.74) is 29.6. The fraction of sp³-hybridized carbons (Fsp3) is 0.662. The van der Waals surface area contributed by atoms with E-state index in [1.165, 1.54) is 38.1 Å². The van der Waals surface area contributed by atoms with Gasteiger partial charge in [-0.1, -0.05) is 91.1 Å². The predicted octanol–water partition coefficient (Wildman–Crippen LogP) is -2.83. The summed E-state index contributed by atoms with van der Waals surface area (Å²) in [6.07, 6.45) is 7.77. The summed E-state index contributed by atoms with van der Waals surface area (Å²) >= 11 is 1.52. The van der Waals surface area contributed by atoms with Crippen molar-refractivity contribution in [2.24, 2.45) is 51.4 Å². The normalized spacial score (nSPS) is 15.7. The van der Waals surface area contributed by atoms with Gasteiger partial charge in [-0.15, -0.1) is 0 Å². The number of carbonyl (C=O) groups excluding carboxylic acids is 11. The van der Waals surface area contributed by atoms with Crippen molar-refractivity contribution in [2.45, 2.75) is 218 Å². The number of benzene rings is 1. The van der Waals surface area contributed by atoms with Crippen LogP contribution in [0.4, 0.5) is 0 Å². The Bertz CT molecular complexity index is 2910.